The van der Waals surface area contributed by atoms with Gasteiger partial charge in [-0.1, -0.05) is 30.3 Å². The third-order valence-electron chi connectivity index (χ3n) is 4.08. The summed E-state index contributed by atoms with van der Waals surface area (Å²) in [6.45, 7) is -0.0353. The van der Waals surface area contributed by atoms with Gasteiger partial charge in [0.2, 0.25) is 5.91 Å². The van der Waals surface area contributed by atoms with Gasteiger partial charge in [0.05, 0.1) is 0 Å². The maximum absolute atomic E-state index is 13.2. The fourth-order valence-corrected chi connectivity index (χ4v) is 2.62. The zero-order chi connectivity index (χ0) is 19.4. The van der Waals surface area contributed by atoms with Crippen LogP contribution < -0.4 is 15.4 Å². The summed E-state index contributed by atoms with van der Waals surface area (Å²) < 4.78 is 54.9. The molecule has 4 nitrogen and oxygen atoms in total. The van der Waals surface area contributed by atoms with Crippen molar-refractivity contribution in [3.8, 4) is 5.75 Å². The number of alkyl halides is 3. The van der Waals surface area contributed by atoms with Crippen LogP contribution in [0.1, 0.15) is 30.0 Å². The minimum Gasteiger partial charge on any atom is -0.405 e. The van der Waals surface area contributed by atoms with Crippen molar-refractivity contribution in [2.45, 2.75) is 37.8 Å². The van der Waals surface area contributed by atoms with E-state index in [1.54, 1.807) is 6.07 Å². The predicted molar refractivity (Wildman–Crippen MR) is 90.3 cm³/mol. The van der Waals surface area contributed by atoms with E-state index < -0.39 is 18.2 Å². The first-order valence-corrected chi connectivity index (χ1v) is 8.45. The number of hydrogen-bond donors (Lipinski definition) is 2. The van der Waals surface area contributed by atoms with Gasteiger partial charge in [0.25, 0.3) is 0 Å². The topological polar surface area (TPSA) is 50.4 Å². The molecule has 2 N–H and O–H groups in total. The molecule has 0 saturated heterocycles. The molecule has 1 amide bonds. The summed E-state index contributed by atoms with van der Waals surface area (Å²) in [7, 11) is 0. The zero-order valence-corrected chi connectivity index (χ0v) is 14.2. The van der Waals surface area contributed by atoms with Gasteiger partial charge in [-0.2, -0.15) is 0 Å². The van der Waals surface area contributed by atoms with Crippen LogP contribution in [0.5, 0.6) is 5.75 Å². The smallest absolute Gasteiger partial charge is 0.405 e. The lowest BCUT2D eigenvalue weighted by molar-refractivity contribution is -0.274. The summed E-state index contributed by atoms with van der Waals surface area (Å²) in [6.07, 6.45) is -3.02. The minimum atomic E-state index is -4.81. The summed E-state index contributed by atoms with van der Waals surface area (Å²) in [5, 5.41) is 5.80. The van der Waals surface area contributed by atoms with Crippen LogP contribution in [0, 0.1) is 5.82 Å². The number of carbonyl (C=O) groups excluding carboxylic acids is 1. The average molecular weight is 382 g/mol. The van der Waals surface area contributed by atoms with Crippen molar-refractivity contribution < 1.29 is 27.1 Å². The molecule has 0 aromatic heterocycles. The van der Waals surface area contributed by atoms with Crippen LogP contribution >= 0.6 is 0 Å². The van der Waals surface area contributed by atoms with Gasteiger partial charge in [-0.15, -0.1) is 13.2 Å². The van der Waals surface area contributed by atoms with Crippen LogP contribution in [0.3, 0.4) is 0 Å². The van der Waals surface area contributed by atoms with Crippen molar-refractivity contribution in [1.82, 2.24) is 10.6 Å². The molecule has 0 unspecified atom stereocenters. The van der Waals surface area contributed by atoms with Crippen molar-refractivity contribution in [1.29, 1.82) is 0 Å². The molecule has 144 valence electrons. The van der Waals surface area contributed by atoms with Gasteiger partial charge >= 0.3 is 6.36 Å². The molecule has 1 fully saturated rings. The number of halogens is 4. The number of carbonyl (C=O) groups is 1. The Balaban J connectivity index is 1.76. The Morgan fingerprint density at radius 1 is 1.11 bits per heavy atom. The zero-order valence-electron chi connectivity index (χ0n) is 14.2. The second kappa shape index (κ2) is 7.96. The molecular weight excluding hydrogens is 364 g/mol. The van der Waals surface area contributed by atoms with Gasteiger partial charge in [0, 0.05) is 18.2 Å². The summed E-state index contributed by atoms with van der Waals surface area (Å²) >= 11 is 0. The third kappa shape index (κ3) is 5.68. The number of rotatable bonds is 7. The molecular formula is C19H18F4N2O2. The lowest BCUT2D eigenvalue weighted by atomic mass is 10.1. The van der Waals surface area contributed by atoms with E-state index in [9.17, 15) is 22.4 Å². The summed E-state index contributed by atoms with van der Waals surface area (Å²) in [5.74, 6) is -1.08. The van der Waals surface area contributed by atoms with E-state index >= 15 is 0 Å². The fourth-order valence-electron chi connectivity index (χ4n) is 2.62. The highest BCUT2D eigenvalue weighted by molar-refractivity contribution is 5.83. The second-order valence-corrected chi connectivity index (χ2v) is 6.30. The highest BCUT2D eigenvalue weighted by atomic mass is 19.4. The van der Waals surface area contributed by atoms with Crippen LogP contribution in [0.2, 0.25) is 0 Å². The molecule has 1 atom stereocenters. The van der Waals surface area contributed by atoms with Crippen molar-refractivity contribution in [3.05, 3.63) is 65.5 Å². The van der Waals surface area contributed by atoms with Gasteiger partial charge in [-0.25, -0.2) is 4.39 Å². The molecule has 0 aliphatic heterocycles. The Hall–Kier alpha value is -2.61. The minimum absolute atomic E-state index is 0.0353. The lowest BCUT2D eigenvalue weighted by Gasteiger charge is -2.20. The standard InChI is InChI=1S/C19H18F4N2O2/c20-14-7-5-12(6-8-14)17(18(26)25-15-9-10-15)24-11-13-3-1-2-4-16(13)27-19(21,22)23/h1-8,15,17,24H,9-11H2,(H,25,26)/t17-/m0/s1. The Morgan fingerprint density at radius 3 is 2.41 bits per heavy atom. The second-order valence-electron chi connectivity index (χ2n) is 6.30. The summed E-state index contributed by atoms with van der Waals surface area (Å²) in [6, 6.07) is 10.4. The van der Waals surface area contributed by atoms with Crippen molar-refractivity contribution in [2.24, 2.45) is 0 Å². The van der Waals surface area contributed by atoms with E-state index in [-0.39, 0.29) is 29.8 Å². The molecule has 0 spiro atoms. The molecule has 27 heavy (non-hydrogen) atoms. The SMILES string of the molecule is O=C(NC1CC1)[C@@H](NCc1ccccc1OC(F)(F)F)c1ccc(F)cc1. The molecule has 1 aliphatic rings. The molecule has 8 heteroatoms. The fraction of sp³-hybridized carbons (Fsp3) is 0.316. The van der Waals surface area contributed by atoms with E-state index in [1.807, 2.05) is 0 Å². The molecule has 0 bridgehead atoms. The van der Waals surface area contributed by atoms with Gasteiger partial charge < -0.3 is 10.1 Å². The predicted octanol–water partition coefficient (Wildman–Crippen LogP) is 3.83. The van der Waals surface area contributed by atoms with Crippen LogP contribution in [-0.2, 0) is 11.3 Å². The molecule has 0 heterocycles. The molecule has 2 aromatic carbocycles. The van der Waals surface area contributed by atoms with Crippen molar-refractivity contribution in [2.75, 3.05) is 0 Å². The van der Waals surface area contributed by atoms with E-state index in [1.165, 1.54) is 42.5 Å². The number of hydrogen-bond acceptors (Lipinski definition) is 3. The first-order valence-electron chi connectivity index (χ1n) is 8.45. The van der Waals surface area contributed by atoms with Crippen molar-refractivity contribution in [3.63, 3.8) is 0 Å². The van der Waals surface area contributed by atoms with E-state index in [2.05, 4.69) is 15.4 Å². The van der Waals surface area contributed by atoms with E-state index in [0.717, 1.165) is 12.8 Å². The third-order valence-corrected chi connectivity index (χ3v) is 4.08. The molecule has 1 aliphatic carbocycles. The first kappa shape index (κ1) is 19.2. The van der Waals surface area contributed by atoms with Gasteiger partial charge in [0.15, 0.2) is 0 Å². The Morgan fingerprint density at radius 2 is 1.78 bits per heavy atom. The van der Waals surface area contributed by atoms with Crippen molar-refractivity contribution >= 4 is 5.91 Å². The number of para-hydroxylation sites is 1. The Labute approximate surface area is 153 Å². The van der Waals surface area contributed by atoms with E-state index in [4.69, 9.17) is 0 Å². The highest BCUT2D eigenvalue weighted by Crippen LogP contribution is 2.27. The average Bonchev–Trinajstić information content (AvgIpc) is 3.40. The maximum atomic E-state index is 13.2. The van der Waals surface area contributed by atoms with Gasteiger partial charge in [0.1, 0.15) is 17.6 Å². The number of nitrogens with one attached hydrogen (secondary N) is 2. The maximum Gasteiger partial charge on any atom is 0.573 e. The van der Waals surface area contributed by atoms with Crippen LogP contribution in [0.4, 0.5) is 17.6 Å². The van der Waals surface area contributed by atoms with Crippen LogP contribution in [0.25, 0.3) is 0 Å². The van der Waals surface area contributed by atoms with Gasteiger partial charge in [-0.3, -0.25) is 10.1 Å². The first-order chi connectivity index (χ1) is 12.8. The number of benzene rings is 2. The molecule has 0 radical (unpaired) electrons. The lowest BCUT2D eigenvalue weighted by Crippen LogP contribution is -2.38. The normalized spacial score (nSPS) is 15.3. The Bertz CT molecular complexity index is 789. The van der Waals surface area contributed by atoms with E-state index in [0.29, 0.717) is 5.56 Å². The quantitative estimate of drug-likeness (QED) is 0.716. The summed E-state index contributed by atoms with van der Waals surface area (Å²) in [5.41, 5.74) is 0.768. The molecule has 3 rings (SSSR count). The number of amides is 1. The highest BCUT2D eigenvalue weighted by Gasteiger charge is 2.32. The van der Waals surface area contributed by atoms with Gasteiger partial charge in [-0.05, 0) is 36.6 Å². The summed E-state index contributed by atoms with van der Waals surface area (Å²) in [4.78, 5) is 12.5. The monoisotopic (exact) mass is 382 g/mol. The molecule has 1 saturated carbocycles. The largest absolute Gasteiger partial charge is 0.573 e. The Kier molecular flexibility index (Phi) is 5.65. The molecule has 2 aromatic rings. The van der Waals surface area contributed by atoms with Crippen LogP contribution in [-0.4, -0.2) is 18.3 Å². The van der Waals surface area contributed by atoms with Crippen LogP contribution in [0.15, 0.2) is 48.5 Å². The number of ether oxygens (including phenoxy) is 1.